The highest BCUT2D eigenvalue weighted by atomic mass is 35.5. The fourth-order valence-corrected chi connectivity index (χ4v) is 7.17. The van der Waals surface area contributed by atoms with Gasteiger partial charge in [0.05, 0.1) is 33.7 Å². The molecule has 4 fully saturated rings. The van der Waals surface area contributed by atoms with Crippen LogP contribution in [0.1, 0.15) is 49.5 Å². The van der Waals surface area contributed by atoms with E-state index in [9.17, 15) is 9.32 Å². The zero-order chi connectivity index (χ0) is 21.9. The fraction of sp³-hybridized carbons (Fsp3) is 0.636. The van der Waals surface area contributed by atoms with Crippen LogP contribution >= 0.6 is 11.6 Å². The summed E-state index contributed by atoms with van der Waals surface area (Å²) in [6.45, 7) is 1.78. The Balaban J connectivity index is 1.28. The van der Waals surface area contributed by atoms with Crippen LogP contribution in [0.5, 0.6) is 0 Å². The van der Waals surface area contributed by atoms with Crippen molar-refractivity contribution in [3.8, 4) is 0 Å². The Morgan fingerprint density at radius 1 is 1.19 bits per heavy atom. The Kier molecular flexibility index (Phi) is 5.11. The number of anilines is 2. The van der Waals surface area contributed by atoms with E-state index < -0.39 is 10.8 Å². The lowest BCUT2D eigenvalue weighted by molar-refractivity contribution is 0.104. The van der Waals surface area contributed by atoms with Crippen LogP contribution in [0.2, 0.25) is 5.02 Å². The summed E-state index contributed by atoms with van der Waals surface area (Å²) in [6.07, 6.45) is 9.11. The molecule has 3 atom stereocenters. The largest absolute Gasteiger partial charge is 0.394 e. The normalized spacial score (nSPS) is 30.1. The molecule has 2 unspecified atom stereocenters. The summed E-state index contributed by atoms with van der Waals surface area (Å²) >= 11 is 5.96. The second-order valence-electron chi connectivity index (χ2n) is 9.66. The van der Waals surface area contributed by atoms with Gasteiger partial charge < -0.3 is 15.3 Å². The molecule has 3 aliphatic heterocycles. The van der Waals surface area contributed by atoms with Gasteiger partial charge >= 0.3 is 0 Å². The summed E-state index contributed by atoms with van der Waals surface area (Å²) < 4.78 is 12.8. The third kappa shape index (κ3) is 3.40. The molecule has 0 radical (unpaired) electrons. The number of fused-ring (bicyclic) bond motifs is 3. The first-order chi connectivity index (χ1) is 15.5. The van der Waals surface area contributed by atoms with Gasteiger partial charge in [-0.25, -0.2) is 15.0 Å². The van der Waals surface area contributed by atoms with Crippen molar-refractivity contribution >= 4 is 34.2 Å². The molecule has 5 aliphatic rings. The van der Waals surface area contributed by atoms with Crippen LogP contribution in [0.25, 0.3) is 0 Å². The summed E-state index contributed by atoms with van der Waals surface area (Å²) in [6, 6.07) is 0. The van der Waals surface area contributed by atoms with Crippen LogP contribution in [0.15, 0.2) is 17.3 Å². The van der Waals surface area contributed by atoms with E-state index in [0.29, 0.717) is 40.3 Å². The lowest BCUT2D eigenvalue weighted by Gasteiger charge is -2.53. The van der Waals surface area contributed by atoms with Crippen molar-refractivity contribution in [1.29, 1.82) is 0 Å². The van der Waals surface area contributed by atoms with Gasteiger partial charge in [-0.3, -0.25) is 4.21 Å². The molecule has 5 heterocycles. The first kappa shape index (κ1) is 20.7. The highest BCUT2D eigenvalue weighted by Crippen LogP contribution is 2.51. The second kappa shape index (κ2) is 7.88. The number of aryl methyl sites for hydroxylation is 1. The molecule has 10 heteroatoms. The Labute approximate surface area is 194 Å². The lowest BCUT2D eigenvalue weighted by Crippen LogP contribution is -2.55. The predicted molar refractivity (Wildman–Crippen MR) is 123 cm³/mol. The number of aliphatic hydroxyl groups is 1. The van der Waals surface area contributed by atoms with Gasteiger partial charge in [-0.1, -0.05) is 11.6 Å². The molecule has 0 amide bonds. The van der Waals surface area contributed by atoms with Crippen molar-refractivity contribution in [1.82, 2.24) is 19.9 Å². The van der Waals surface area contributed by atoms with Crippen molar-refractivity contribution in [2.45, 2.75) is 54.9 Å². The van der Waals surface area contributed by atoms with E-state index in [-0.39, 0.29) is 12.1 Å². The lowest BCUT2D eigenvalue weighted by atomic mass is 9.61. The maximum absolute atomic E-state index is 12.8. The number of hydrogen-bond donors (Lipinski definition) is 2. The van der Waals surface area contributed by atoms with E-state index in [1.54, 1.807) is 12.4 Å². The molecule has 2 N–H and O–H groups in total. The highest BCUT2D eigenvalue weighted by Gasteiger charge is 2.49. The maximum Gasteiger partial charge on any atom is 0.227 e. The van der Waals surface area contributed by atoms with E-state index in [2.05, 4.69) is 20.2 Å². The molecule has 0 aromatic carbocycles. The molecule has 2 aromatic rings. The summed E-state index contributed by atoms with van der Waals surface area (Å²) in [7, 11) is -1.10. The van der Waals surface area contributed by atoms with E-state index in [1.807, 2.05) is 0 Å². The number of piperidine rings is 2. The van der Waals surface area contributed by atoms with E-state index in [4.69, 9.17) is 21.6 Å². The van der Waals surface area contributed by atoms with E-state index in [0.717, 1.165) is 61.6 Å². The highest BCUT2D eigenvalue weighted by molar-refractivity contribution is 7.85. The predicted octanol–water partition coefficient (Wildman–Crippen LogP) is 2.54. The number of halogens is 1. The molecule has 2 saturated carbocycles. The van der Waals surface area contributed by atoms with Gasteiger partial charge in [0, 0.05) is 37.2 Å². The van der Waals surface area contributed by atoms with Crippen molar-refractivity contribution in [3.05, 3.63) is 28.9 Å². The van der Waals surface area contributed by atoms with Gasteiger partial charge in [0.2, 0.25) is 5.95 Å². The Bertz CT molecular complexity index is 1050. The number of aromatic nitrogens is 4. The average Bonchev–Trinajstić information content (AvgIpc) is 2.77. The minimum atomic E-state index is -1.10. The van der Waals surface area contributed by atoms with Gasteiger partial charge in [-0.2, -0.15) is 4.98 Å². The molecular weight excluding hydrogens is 448 g/mol. The topological polar surface area (TPSA) is 104 Å². The van der Waals surface area contributed by atoms with Crippen molar-refractivity contribution in [3.63, 3.8) is 0 Å². The number of rotatable bonds is 5. The molecular formula is C22H27ClN6O2S. The van der Waals surface area contributed by atoms with Crippen molar-refractivity contribution in [2.24, 2.45) is 11.8 Å². The van der Waals surface area contributed by atoms with Gasteiger partial charge in [-0.05, 0) is 50.4 Å². The quantitative estimate of drug-likeness (QED) is 0.681. The molecule has 2 aromatic heterocycles. The first-order valence-corrected chi connectivity index (χ1v) is 13.2. The average molecular weight is 475 g/mol. The minimum Gasteiger partial charge on any atom is -0.394 e. The molecule has 170 valence electrons. The number of aliphatic hydroxyl groups excluding tert-OH is 1. The minimum absolute atomic E-state index is 0.0599. The van der Waals surface area contributed by atoms with Gasteiger partial charge in [-0.15, -0.1) is 0 Å². The third-order valence-corrected chi connectivity index (χ3v) is 9.38. The molecule has 8 nitrogen and oxygen atoms in total. The summed E-state index contributed by atoms with van der Waals surface area (Å²) in [4.78, 5) is 21.7. The SMILES string of the molecule is O=[S@]1CCCc2nc(N3CC4CC(C3)C4c3ncc(Cl)cn3)nc(NC3(CO)CCC3)c21. The second-order valence-corrected chi connectivity index (χ2v) is 11.6. The monoisotopic (exact) mass is 474 g/mol. The fourth-order valence-electron chi connectivity index (χ4n) is 5.74. The molecule has 32 heavy (non-hydrogen) atoms. The molecule has 7 rings (SSSR count). The van der Waals surface area contributed by atoms with Gasteiger partial charge in [0.25, 0.3) is 0 Å². The van der Waals surface area contributed by atoms with Crippen molar-refractivity contribution < 1.29 is 9.32 Å². The van der Waals surface area contributed by atoms with E-state index in [1.165, 1.54) is 6.42 Å². The summed E-state index contributed by atoms with van der Waals surface area (Å²) in [5, 5.41) is 14.0. The summed E-state index contributed by atoms with van der Waals surface area (Å²) in [5.41, 5.74) is 0.550. The number of nitrogens with one attached hydrogen (secondary N) is 1. The summed E-state index contributed by atoms with van der Waals surface area (Å²) in [5.74, 6) is 4.20. The number of hydrogen-bond acceptors (Lipinski definition) is 8. The van der Waals surface area contributed by atoms with Crippen LogP contribution in [-0.2, 0) is 17.2 Å². The Morgan fingerprint density at radius 2 is 1.94 bits per heavy atom. The van der Waals surface area contributed by atoms with Crippen LogP contribution in [-0.4, -0.2) is 60.2 Å². The van der Waals surface area contributed by atoms with Gasteiger partial charge in [0.1, 0.15) is 16.5 Å². The zero-order valence-corrected chi connectivity index (χ0v) is 19.4. The van der Waals surface area contributed by atoms with Crippen LogP contribution < -0.4 is 10.2 Å². The van der Waals surface area contributed by atoms with Crippen LogP contribution in [0.4, 0.5) is 11.8 Å². The Hall–Kier alpha value is -1.84. The third-order valence-electron chi connectivity index (χ3n) is 7.64. The number of nitrogens with zero attached hydrogens (tertiary/aromatic N) is 5. The smallest absolute Gasteiger partial charge is 0.227 e. The molecule has 2 bridgehead atoms. The van der Waals surface area contributed by atoms with E-state index >= 15 is 0 Å². The molecule has 2 saturated heterocycles. The molecule has 2 aliphatic carbocycles. The Morgan fingerprint density at radius 3 is 2.59 bits per heavy atom. The first-order valence-electron chi connectivity index (χ1n) is 11.5. The van der Waals surface area contributed by atoms with Crippen LogP contribution in [0.3, 0.4) is 0 Å². The standard InChI is InChI=1S/C22H27ClN6O2S/c23-15-8-24-19(25-9-15)17-13-7-14(17)11-29(10-13)21-26-16-3-1-6-32(31)18(16)20(27-21)28-22(12-30)4-2-5-22/h8-9,13-14,17,30H,1-7,10-12H2,(H,26,27,28)/t13?,14?,17?,32-/m0/s1. The van der Waals surface area contributed by atoms with Crippen molar-refractivity contribution in [2.75, 3.05) is 35.7 Å². The maximum atomic E-state index is 12.8. The zero-order valence-electron chi connectivity index (χ0n) is 17.8. The van der Waals surface area contributed by atoms with Crippen LogP contribution in [0, 0.1) is 11.8 Å². The molecule has 0 spiro atoms. The van der Waals surface area contributed by atoms with Gasteiger partial charge in [0.15, 0.2) is 0 Å².